The first kappa shape index (κ1) is 15.8. The Labute approximate surface area is 140 Å². The number of aromatic carboxylic acids is 1. The summed E-state index contributed by atoms with van der Waals surface area (Å²) in [6.45, 7) is 1.76. The number of rotatable bonds is 5. The zero-order valence-electron chi connectivity index (χ0n) is 12.7. The second-order valence-corrected chi connectivity index (χ2v) is 6.52. The van der Waals surface area contributed by atoms with Crippen LogP contribution in [0.2, 0.25) is 0 Å². The fourth-order valence-electron chi connectivity index (χ4n) is 2.45. The fraction of sp³-hybridized carbons (Fsp3) is 0.400. The summed E-state index contributed by atoms with van der Waals surface area (Å²) >= 11 is 3.44. The molecule has 7 nitrogen and oxygen atoms in total. The summed E-state index contributed by atoms with van der Waals surface area (Å²) in [4.78, 5) is 25.0. The van der Waals surface area contributed by atoms with E-state index in [2.05, 4.69) is 26.1 Å². The number of H-pyrrole nitrogens is 1. The molecule has 1 amide bonds. The molecule has 2 heterocycles. The molecule has 0 spiro atoms. The number of carbonyl (C=O) groups excluding carboxylic acids is 1. The average molecular weight is 382 g/mol. The number of carboxylic acids is 1. The lowest BCUT2D eigenvalue weighted by Gasteiger charge is -2.14. The van der Waals surface area contributed by atoms with Crippen LogP contribution in [0.5, 0.6) is 0 Å². The maximum atomic E-state index is 12.5. The van der Waals surface area contributed by atoms with E-state index >= 15 is 0 Å². The predicted molar refractivity (Wildman–Crippen MR) is 84.5 cm³/mol. The zero-order chi connectivity index (χ0) is 16.7. The predicted octanol–water partition coefficient (Wildman–Crippen LogP) is 2.92. The number of aryl methyl sites for hydroxylation is 1. The molecule has 0 aliphatic heterocycles. The van der Waals surface area contributed by atoms with Crippen molar-refractivity contribution in [3.63, 3.8) is 0 Å². The van der Waals surface area contributed by atoms with E-state index in [4.69, 9.17) is 9.52 Å². The molecule has 8 heteroatoms. The van der Waals surface area contributed by atoms with Gasteiger partial charge in [-0.15, -0.1) is 0 Å². The number of aromatic nitrogens is 2. The minimum absolute atomic E-state index is 0.109. The van der Waals surface area contributed by atoms with E-state index in [1.54, 1.807) is 14.0 Å². The number of carboxylic acid groups (broad SMARTS) is 1. The first-order valence-corrected chi connectivity index (χ1v) is 7.99. The number of amides is 1. The van der Waals surface area contributed by atoms with Crippen LogP contribution in [0.3, 0.4) is 0 Å². The molecule has 0 aromatic carbocycles. The molecular formula is C15H16BrN3O4. The van der Waals surface area contributed by atoms with Crippen molar-refractivity contribution in [3.8, 4) is 0 Å². The molecule has 0 radical (unpaired) electrons. The molecular weight excluding hydrogens is 366 g/mol. The third-order valence-corrected chi connectivity index (χ3v) is 4.66. The number of aromatic amines is 1. The van der Waals surface area contributed by atoms with Gasteiger partial charge in [0.2, 0.25) is 0 Å². The van der Waals surface area contributed by atoms with Crippen LogP contribution in [0.25, 0.3) is 0 Å². The lowest BCUT2D eigenvalue weighted by molar-refractivity contribution is 0.0694. The zero-order valence-corrected chi connectivity index (χ0v) is 14.3. The van der Waals surface area contributed by atoms with Crippen molar-refractivity contribution in [3.05, 3.63) is 39.0 Å². The van der Waals surface area contributed by atoms with Crippen LogP contribution in [0, 0.1) is 6.92 Å². The number of nitrogens with one attached hydrogen (secondary N) is 1. The van der Waals surface area contributed by atoms with Crippen LogP contribution < -0.4 is 0 Å². The van der Waals surface area contributed by atoms with E-state index in [0.29, 0.717) is 27.6 Å². The Morgan fingerprint density at radius 2 is 2.22 bits per heavy atom. The monoisotopic (exact) mass is 381 g/mol. The van der Waals surface area contributed by atoms with Gasteiger partial charge in [-0.1, -0.05) is 0 Å². The number of carbonyl (C=O) groups is 2. The second kappa shape index (κ2) is 5.84. The molecule has 2 N–H and O–H groups in total. The molecule has 0 saturated heterocycles. The normalized spacial score (nSPS) is 14.0. The molecule has 1 aliphatic rings. The Morgan fingerprint density at radius 3 is 2.78 bits per heavy atom. The van der Waals surface area contributed by atoms with Gasteiger partial charge in [0.1, 0.15) is 17.1 Å². The minimum Gasteiger partial charge on any atom is -0.478 e. The van der Waals surface area contributed by atoms with Crippen molar-refractivity contribution in [1.29, 1.82) is 0 Å². The average Bonchev–Trinajstić information content (AvgIpc) is 3.16. The molecule has 2 aromatic rings. The highest BCUT2D eigenvalue weighted by Crippen LogP contribution is 2.43. The molecule has 23 heavy (non-hydrogen) atoms. The van der Waals surface area contributed by atoms with Gasteiger partial charge in [0.15, 0.2) is 5.69 Å². The molecule has 2 aromatic heterocycles. The maximum absolute atomic E-state index is 12.5. The minimum atomic E-state index is -1.05. The van der Waals surface area contributed by atoms with E-state index < -0.39 is 5.97 Å². The van der Waals surface area contributed by atoms with Gasteiger partial charge in [0.25, 0.3) is 5.91 Å². The molecule has 3 rings (SSSR count). The summed E-state index contributed by atoms with van der Waals surface area (Å²) < 4.78 is 6.11. The Morgan fingerprint density at radius 1 is 1.52 bits per heavy atom. The first-order chi connectivity index (χ1) is 10.9. The van der Waals surface area contributed by atoms with Crippen molar-refractivity contribution in [2.24, 2.45) is 0 Å². The summed E-state index contributed by atoms with van der Waals surface area (Å²) in [5.74, 6) is -0.105. The topological polar surface area (TPSA) is 99.4 Å². The van der Waals surface area contributed by atoms with E-state index in [-0.39, 0.29) is 18.0 Å². The van der Waals surface area contributed by atoms with Gasteiger partial charge in [0.05, 0.1) is 16.7 Å². The van der Waals surface area contributed by atoms with Crippen LogP contribution in [0.4, 0.5) is 0 Å². The van der Waals surface area contributed by atoms with Crippen LogP contribution in [-0.4, -0.2) is 39.1 Å². The Balaban J connectivity index is 1.75. The van der Waals surface area contributed by atoms with Crippen LogP contribution >= 0.6 is 15.9 Å². The van der Waals surface area contributed by atoms with Crippen LogP contribution in [0.1, 0.15) is 56.8 Å². The van der Waals surface area contributed by atoms with Gasteiger partial charge in [-0.3, -0.25) is 9.89 Å². The SMILES string of the molecule is Cc1oc(CN(C)C(=O)c2n[nH]c(C3CC3)c2Br)cc1C(=O)O. The van der Waals surface area contributed by atoms with E-state index in [1.807, 2.05) is 0 Å². The second-order valence-electron chi connectivity index (χ2n) is 5.72. The Kier molecular flexibility index (Phi) is 4.01. The van der Waals surface area contributed by atoms with E-state index in [1.165, 1.54) is 11.0 Å². The lowest BCUT2D eigenvalue weighted by atomic mass is 10.2. The largest absolute Gasteiger partial charge is 0.478 e. The van der Waals surface area contributed by atoms with Gasteiger partial charge < -0.3 is 14.4 Å². The highest BCUT2D eigenvalue weighted by molar-refractivity contribution is 9.10. The Bertz CT molecular complexity index is 776. The molecule has 1 saturated carbocycles. The molecule has 1 aliphatic carbocycles. The molecule has 0 atom stereocenters. The molecule has 0 bridgehead atoms. The van der Waals surface area contributed by atoms with Gasteiger partial charge in [-0.2, -0.15) is 5.10 Å². The quantitative estimate of drug-likeness (QED) is 0.829. The van der Waals surface area contributed by atoms with Crippen molar-refractivity contribution >= 4 is 27.8 Å². The number of hydrogen-bond donors (Lipinski definition) is 2. The smallest absolute Gasteiger partial charge is 0.339 e. The van der Waals surface area contributed by atoms with Gasteiger partial charge in [0, 0.05) is 13.0 Å². The number of nitrogens with zero attached hydrogens (tertiary/aromatic N) is 2. The third-order valence-electron chi connectivity index (χ3n) is 3.86. The number of hydrogen-bond acceptors (Lipinski definition) is 4. The standard InChI is InChI=1S/C15H16BrN3O4/c1-7-10(15(21)22)5-9(23-7)6-19(2)14(20)13-11(16)12(17-18-13)8-3-4-8/h5,8H,3-4,6H2,1-2H3,(H,17,18)(H,21,22). The lowest BCUT2D eigenvalue weighted by Crippen LogP contribution is -2.26. The summed E-state index contributed by atoms with van der Waals surface area (Å²) in [5.41, 5.74) is 1.40. The van der Waals surface area contributed by atoms with Gasteiger partial charge in [-0.05, 0) is 41.8 Å². The number of furan rings is 1. The van der Waals surface area contributed by atoms with Gasteiger partial charge >= 0.3 is 5.97 Å². The number of halogens is 1. The first-order valence-electron chi connectivity index (χ1n) is 7.20. The summed E-state index contributed by atoms with van der Waals surface area (Å²) in [7, 11) is 1.62. The van der Waals surface area contributed by atoms with E-state index in [9.17, 15) is 9.59 Å². The highest BCUT2D eigenvalue weighted by atomic mass is 79.9. The highest BCUT2D eigenvalue weighted by Gasteiger charge is 2.31. The third kappa shape index (κ3) is 3.03. The molecule has 0 unspecified atom stereocenters. The molecule has 122 valence electrons. The summed E-state index contributed by atoms with van der Waals surface area (Å²) in [6.07, 6.45) is 2.21. The Hall–Kier alpha value is -2.09. The van der Waals surface area contributed by atoms with Crippen molar-refractivity contribution < 1.29 is 19.1 Å². The van der Waals surface area contributed by atoms with Crippen molar-refractivity contribution in [2.45, 2.75) is 32.2 Å². The van der Waals surface area contributed by atoms with Gasteiger partial charge in [-0.25, -0.2) is 4.79 Å². The molecule has 1 fully saturated rings. The van der Waals surface area contributed by atoms with Crippen molar-refractivity contribution in [1.82, 2.24) is 15.1 Å². The van der Waals surface area contributed by atoms with Crippen LogP contribution in [0.15, 0.2) is 15.0 Å². The van der Waals surface area contributed by atoms with E-state index in [0.717, 1.165) is 18.5 Å². The summed E-state index contributed by atoms with van der Waals surface area (Å²) in [5, 5.41) is 16.1. The fourth-order valence-corrected chi connectivity index (χ4v) is 3.12. The maximum Gasteiger partial charge on any atom is 0.339 e. The summed E-state index contributed by atoms with van der Waals surface area (Å²) in [6, 6.07) is 1.44. The van der Waals surface area contributed by atoms with Crippen molar-refractivity contribution in [2.75, 3.05) is 7.05 Å². The van der Waals surface area contributed by atoms with Crippen LogP contribution in [-0.2, 0) is 6.54 Å².